The van der Waals surface area contributed by atoms with E-state index in [1.54, 1.807) is 42.7 Å². The first-order valence-corrected chi connectivity index (χ1v) is 8.92. The van der Waals surface area contributed by atoms with Crippen LogP contribution in [0.2, 0.25) is 0 Å². The van der Waals surface area contributed by atoms with E-state index in [4.69, 9.17) is 4.42 Å². The number of nitrogens with zero attached hydrogens (tertiary/aromatic N) is 1. The molecule has 1 N–H and O–H groups in total. The fourth-order valence-corrected chi connectivity index (χ4v) is 2.99. The maximum Gasteiger partial charge on any atom is 0.251 e. The number of benzene rings is 2. The smallest absolute Gasteiger partial charge is 0.251 e. The fourth-order valence-electron chi connectivity index (χ4n) is 2.99. The Kier molecular flexibility index (Phi) is 4.72. The van der Waals surface area contributed by atoms with Crippen LogP contribution in [-0.2, 0) is 6.54 Å². The summed E-state index contributed by atoms with van der Waals surface area (Å²) in [7, 11) is 0. The summed E-state index contributed by atoms with van der Waals surface area (Å²) < 4.78 is 5.88. The lowest BCUT2D eigenvalue weighted by Crippen LogP contribution is -2.22. The number of rotatable bonds is 4. The molecule has 0 aliphatic rings. The average molecular weight is 370 g/mol. The van der Waals surface area contributed by atoms with Crippen molar-refractivity contribution in [2.45, 2.75) is 13.5 Å². The molecule has 5 heteroatoms. The average Bonchev–Trinajstić information content (AvgIpc) is 2.73. The van der Waals surface area contributed by atoms with Gasteiger partial charge in [-0.15, -0.1) is 0 Å². The van der Waals surface area contributed by atoms with Crippen LogP contribution in [-0.4, -0.2) is 10.9 Å². The molecule has 0 aliphatic heterocycles. The van der Waals surface area contributed by atoms with Gasteiger partial charge in [0, 0.05) is 36.1 Å². The van der Waals surface area contributed by atoms with E-state index in [0.717, 1.165) is 16.7 Å². The molecule has 0 spiro atoms. The minimum Gasteiger partial charge on any atom is -0.456 e. The van der Waals surface area contributed by atoms with E-state index in [-0.39, 0.29) is 11.3 Å². The van der Waals surface area contributed by atoms with Crippen LogP contribution in [0.15, 0.2) is 82.3 Å². The highest BCUT2D eigenvalue weighted by Gasteiger charge is 2.09. The molecule has 0 unspecified atom stereocenters. The molecular formula is C23H18N2O3. The Morgan fingerprint density at radius 1 is 1.07 bits per heavy atom. The summed E-state index contributed by atoms with van der Waals surface area (Å²) in [5.74, 6) is 0.300. The van der Waals surface area contributed by atoms with Crippen molar-refractivity contribution in [2.24, 2.45) is 0 Å². The van der Waals surface area contributed by atoms with E-state index in [2.05, 4.69) is 10.3 Å². The number of nitrogens with one attached hydrogen (secondary N) is 1. The normalized spacial score (nSPS) is 10.8. The Labute approximate surface area is 161 Å². The minimum absolute atomic E-state index is 0.0850. The predicted octanol–water partition coefficient (Wildman–Crippen LogP) is 4.09. The molecule has 0 fully saturated rings. The second-order valence-electron chi connectivity index (χ2n) is 6.60. The summed E-state index contributed by atoms with van der Waals surface area (Å²) in [4.78, 5) is 28.7. The number of hydrogen-bond donors (Lipinski definition) is 1. The van der Waals surface area contributed by atoms with E-state index in [1.165, 1.54) is 6.07 Å². The third-order valence-corrected chi connectivity index (χ3v) is 4.49. The van der Waals surface area contributed by atoms with Crippen LogP contribution in [0.1, 0.15) is 21.5 Å². The van der Waals surface area contributed by atoms with Crippen LogP contribution >= 0.6 is 0 Å². The molecule has 0 atom stereocenters. The highest BCUT2D eigenvalue weighted by atomic mass is 16.3. The quantitative estimate of drug-likeness (QED) is 0.587. The Bertz CT molecular complexity index is 1200. The highest BCUT2D eigenvalue weighted by molar-refractivity contribution is 5.94. The number of aromatic nitrogens is 1. The molecule has 0 saturated carbocycles. The SMILES string of the molecule is Cc1ccc2oc(-c3ccc(C(=O)NCc4cccnc4)cc3)cc(=O)c2c1. The van der Waals surface area contributed by atoms with Gasteiger partial charge in [0.1, 0.15) is 11.3 Å². The van der Waals surface area contributed by atoms with Gasteiger partial charge in [0.05, 0.1) is 5.39 Å². The van der Waals surface area contributed by atoms with Crippen LogP contribution in [0.3, 0.4) is 0 Å². The molecule has 28 heavy (non-hydrogen) atoms. The van der Waals surface area contributed by atoms with Gasteiger partial charge in [0.2, 0.25) is 0 Å². The summed E-state index contributed by atoms with van der Waals surface area (Å²) in [6.45, 7) is 2.35. The van der Waals surface area contributed by atoms with Crippen LogP contribution < -0.4 is 10.7 Å². The highest BCUT2D eigenvalue weighted by Crippen LogP contribution is 2.23. The molecule has 4 aromatic rings. The fraction of sp³-hybridized carbons (Fsp3) is 0.0870. The molecule has 2 heterocycles. The number of carbonyl (C=O) groups excluding carboxylic acids is 1. The Balaban J connectivity index is 1.54. The zero-order valence-corrected chi connectivity index (χ0v) is 15.3. The first-order valence-electron chi connectivity index (χ1n) is 8.92. The van der Waals surface area contributed by atoms with Gasteiger partial charge in [0.15, 0.2) is 5.43 Å². The van der Waals surface area contributed by atoms with Gasteiger partial charge in [-0.2, -0.15) is 0 Å². The second kappa shape index (κ2) is 7.48. The van der Waals surface area contributed by atoms with E-state index >= 15 is 0 Å². The molecule has 1 amide bonds. The number of aryl methyl sites for hydroxylation is 1. The maximum absolute atomic E-state index is 12.4. The van der Waals surface area contributed by atoms with Crippen molar-refractivity contribution in [3.63, 3.8) is 0 Å². The van der Waals surface area contributed by atoms with Crippen LogP contribution in [0.4, 0.5) is 0 Å². The summed E-state index contributed by atoms with van der Waals surface area (Å²) >= 11 is 0. The number of pyridine rings is 1. The zero-order valence-electron chi connectivity index (χ0n) is 15.3. The zero-order chi connectivity index (χ0) is 19.5. The molecule has 0 aliphatic carbocycles. The van der Waals surface area contributed by atoms with Gasteiger partial charge >= 0.3 is 0 Å². The Hall–Kier alpha value is -3.73. The van der Waals surface area contributed by atoms with E-state index in [1.807, 2.05) is 31.2 Å². The van der Waals surface area contributed by atoms with Crippen molar-refractivity contribution >= 4 is 16.9 Å². The van der Waals surface area contributed by atoms with E-state index < -0.39 is 0 Å². The van der Waals surface area contributed by atoms with Crippen molar-refractivity contribution in [3.05, 3.63) is 100.0 Å². The van der Waals surface area contributed by atoms with E-state index in [9.17, 15) is 9.59 Å². The third kappa shape index (κ3) is 3.69. The lowest BCUT2D eigenvalue weighted by Gasteiger charge is -2.07. The molecular weight excluding hydrogens is 352 g/mol. The van der Waals surface area contributed by atoms with Crippen molar-refractivity contribution in [2.75, 3.05) is 0 Å². The van der Waals surface area contributed by atoms with Crippen LogP contribution in [0.5, 0.6) is 0 Å². The van der Waals surface area contributed by atoms with Crippen molar-refractivity contribution in [1.29, 1.82) is 0 Å². The van der Waals surface area contributed by atoms with Crippen LogP contribution in [0.25, 0.3) is 22.3 Å². The largest absolute Gasteiger partial charge is 0.456 e. The molecule has 4 rings (SSSR count). The Morgan fingerprint density at radius 3 is 2.64 bits per heavy atom. The number of amides is 1. The summed E-state index contributed by atoms with van der Waals surface area (Å²) in [5, 5.41) is 3.43. The first kappa shape index (κ1) is 17.7. The second-order valence-corrected chi connectivity index (χ2v) is 6.60. The predicted molar refractivity (Wildman–Crippen MR) is 108 cm³/mol. The minimum atomic E-state index is -0.175. The van der Waals surface area contributed by atoms with Gasteiger partial charge in [-0.3, -0.25) is 14.6 Å². The summed E-state index contributed by atoms with van der Waals surface area (Å²) in [5.41, 5.74) is 3.68. The van der Waals surface area contributed by atoms with Gasteiger partial charge < -0.3 is 9.73 Å². The van der Waals surface area contributed by atoms with Gasteiger partial charge in [0.25, 0.3) is 5.91 Å². The molecule has 2 aromatic heterocycles. The Morgan fingerprint density at radius 2 is 1.89 bits per heavy atom. The van der Waals surface area contributed by atoms with Crippen LogP contribution in [0, 0.1) is 6.92 Å². The molecule has 0 radical (unpaired) electrons. The number of hydrogen-bond acceptors (Lipinski definition) is 4. The van der Waals surface area contributed by atoms with Crippen molar-refractivity contribution < 1.29 is 9.21 Å². The van der Waals surface area contributed by atoms with Crippen molar-refractivity contribution in [1.82, 2.24) is 10.3 Å². The standard InChI is InChI=1S/C23H18N2O3/c1-15-4-9-21-19(11-15)20(26)12-22(28-21)17-5-7-18(8-6-17)23(27)25-14-16-3-2-10-24-13-16/h2-13H,14H2,1H3,(H,25,27). The summed E-state index contributed by atoms with van der Waals surface area (Å²) in [6, 6.07) is 17.7. The number of fused-ring (bicyclic) bond motifs is 1. The molecule has 138 valence electrons. The lowest BCUT2D eigenvalue weighted by atomic mass is 10.1. The monoisotopic (exact) mass is 370 g/mol. The summed E-state index contributed by atoms with van der Waals surface area (Å²) in [6.07, 6.45) is 3.41. The van der Waals surface area contributed by atoms with Gasteiger partial charge in [-0.25, -0.2) is 0 Å². The lowest BCUT2D eigenvalue weighted by molar-refractivity contribution is 0.0951. The van der Waals surface area contributed by atoms with Crippen molar-refractivity contribution in [3.8, 4) is 11.3 Å². The molecule has 5 nitrogen and oxygen atoms in total. The van der Waals surface area contributed by atoms with Gasteiger partial charge in [-0.1, -0.05) is 29.8 Å². The third-order valence-electron chi connectivity index (χ3n) is 4.49. The maximum atomic E-state index is 12.4. The number of carbonyl (C=O) groups is 1. The topological polar surface area (TPSA) is 72.2 Å². The molecule has 0 bridgehead atoms. The first-order chi connectivity index (χ1) is 13.6. The van der Waals surface area contributed by atoms with Gasteiger partial charge in [-0.05, 0) is 42.8 Å². The van der Waals surface area contributed by atoms with E-state index in [0.29, 0.717) is 28.8 Å². The molecule has 0 saturated heterocycles. The molecule has 2 aromatic carbocycles.